The van der Waals surface area contributed by atoms with Crippen LogP contribution in [0.3, 0.4) is 0 Å². The molecule has 0 radical (unpaired) electrons. The number of fused-ring (bicyclic) bond motifs is 2. The maximum atomic E-state index is 12.7. The van der Waals surface area contributed by atoms with Crippen LogP contribution < -0.4 is 15.5 Å². The smallest absolute Gasteiger partial charge is 0.254 e. The zero-order chi connectivity index (χ0) is 22.1. The van der Waals surface area contributed by atoms with Crippen molar-refractivity contribution < 1.29 is 9.90 Å². The SMILES string of the molecule is CCN(CCO)c1ccc(Nc2ccc(-c3cnc4cnccn34)c3c2C(=O)NC3)nc1. The lowest BCUT2D eigenvalue weighted by Crippen LogP contribution is -2.26. The van der Waals surface area contributed by atoms with Gasteiger partial charge < -0.3 is 20.6 Å². The lowest BCUT2D eigenvalue weighted by atomic mass is 9.99. The highest BCUT2D eigenvalue weighted by Gasteiger charge is 2.27. The van der Waals surface area contributed by atoms with Crippen molar-refractivity contribution >= 4 is 28.7 Å². The molecule has 9 heteroatoms. The fraction of sp³-hybridized carbons (Fsp3) is 0.217. The molecule has 0 spiro atoms. The van der Waals surface area contributed by atoms with Crippen LogP contribution >= 0.6 is 0 Å². The van der Waals surface area contributed by atoms with Crippen molar-refractivity contribution in [1.29, 1.82) is 0 Å². The average Bonchev–Trinajstić information content (AvgIpc) is 3.43. The minimum absolute atomic E-state index is 0.0877. The molecular formula is C23H23N7O2. The summed E-state index contributed by atoms with van der Waals surface area (Å²) in [5.41, 5.74) is 5.80. The minimum atomic E-state index is -0.114. The molecule has 0 atom stereocenters. The highest BCUT2D eigenvalue weighted by molar-refractivity contribution is 6.06. The molecule has 1 aromatic carbocycles. The number of amides is 1. The van der Waals surface area contributed by atoms with Crippen molar-refractivity contribution in [2.75, 3.05) is 29.9 Å². The average molecular weight is 429 g/mol. The van der Waals surface area contributed by atoms with E-state index in [2.05, 4.69) is 25.6 Å². The van der Waals surface area contributed by atoms with Crippen molar-refractivity contribution in [2.24, 2.45) is 0 Å². The first-order valence-electron chi connectivity index (χ1n) is 10.5. The van der Waals surface area contributed by atoms with Crippen LogP contribution in [0.1, 0.15) is 22.8 Å². The molecule has 4 heterocycles. The van der Waals surface area contributed by atoms with E-state index in [9.17, 15) is 9.90 Å². The van der Waals surface area contributed by atoms with Gasteiger partial charge in [-0.1, -0.05) is 6.07 Å². The van der Waals surface area contributed by atoms with Gasteiger partial charge in [0.15, 0.2) is 5.65 Å². The van der Waals surface area contributed by atoms with Crippen molar-refractivity contribution in [2.45, 2.75) is 13.5 Å². The molecule has 0 fully saturated rings. The van der Waals surface area contributed by atoms with Gasteiger partial charge in [0, 0.05) is 37.6 Å². The van der Waals surface area contributed by atoms with Crippen LogP contribution in [0.2, 0.25) is 0 Å². The molecular weight excluding hydrogens is 406 g/mol. The fourth-order valence-corrected chi connectivity index (χ4v) is 4.11. The van der Waals surface area contributed by atoms with Crippen molar-refractivity contribution in [1.82, 2.24) is 24.7 Å². The quantitative estimate of drug-likeness (QED) is 0.414. The number of aliphatic hydroxyl groups is 1. The Kier molecular flexibility index (Phi) is 5.16. The van der Waals surface area contributed by atoms with E-state index in [1.807, 2.05) is 46.7 Å². The Morgan fingerprint density at radius 3 is 2.88 bits per heavy atom. The first-order chi connectivity index (χ1) is 15.7. The summed E-state index contributed by atoms with van der Waals surface area (Å²) in [6.45, 7) is 3.91. The molecule has 3 N–H and O–H groups in total. The molecule has 9 nitrogen and oxygen atoms in total. The predicted molar refractivity (Wildman–Crippen MR) is 122 cm³/mol. The Balaban J connectivity index is 1.49. The number of nitrogens with zero attached hydrogens (tertiary/aromatic N) is 5. The summed E-state index contributed by atoms with van der Waals surface area (Å²) in [5.74, 6) is 0.529. The molecule has 0 saturated carbocycles. The summed E-state index contributed by atoms with van der Waals surface area (Å²) in [7, 11) is 0. The second-order valence-corrected chi connectivity index (χ2v) is 7.47. The Morgan fingerprint density at radius 2 is 2.09 bits per heavy atom. The third kappa shape index (κ3) is 3.42. The van der Waals surface area contributed by atoms with Gasteiger partial charge in [0.05, 0.1) is 47.8 Å². The zero-order valence-corrected chi connectivity index (χ0v) is 17.6. The van der Waals surface area contributed by atoms with Crippen molar-refractivity contribution in [3.63, 3.8) is 0 Å². The van der Waals surface area contributed by atoms with Crippen LogP contribution in [0.25, 0.3) is 16.9 Å². The van der Waals surface area contributed by atoms with E-state index >= 15 is 0 Å². The van der Waals surface area contributed by atoms with Gasteiger partial charge >= 0.3 is 0 Å². The van der Waals surface area contributed by atoms with E-state index < -0.39 is 0 Å². The predicted octanol–water partition coefficient (Wildman–Crippen LogP) is 2.60. The first kappa shape index (κ1) is 20.0. The highest BCUT2D eigenvalue weighted by Crippen LogP contribution is 2.35. The summed E-state index contributed by atoms with van der Waals surface area (Å²) in [4.78, 5) is 27.8. The van der Waals surface area contributed by atoms with Crippen LogP contribution in [0, 0.1) is 0 Å². The molecule has 1 aliphatic heterocycles. The van der Waals surface area contributed by atoms with Gasteiger partial charge in [-0.05, 0) is 30.7 Å². The molecule has 0 bridgehead atoms. The van der Waals surface area contributed by atoms with Gasteiger partial charge in [0.2, 0.25) is 0 Å². The van der Waals surface area contributed by atoms with E-state index in [1.54, 1.807) is 24.8 Å². The molecule has 162 valence electrons. The van der Waals surface area contributed by atoms with Gasteiger partial charge in [0.25, 0.3) is 5.91 Å². The lowest BCUT2D eigenvalue weighted by molar-refractivity contribution is 0.0966. The second-order valence-electron chi connectivity index (χ2n) is 7.47. The summed E-state index contributed by atoms with van der Waals surface area (Å²) >= 11 is 0. The van der Waals surface area contributed by atoms with E-state index in [1.165, 1.54) is 0 Å². The standard InChI is InChI=1S/C23H23N7O2/c1-2-29(9-10-31)15-3-6-20(25-11-15)28-18-5-4-16(17-12-27-23(32)22(17)18)19-13-26-21-14-24-7-8-30(19)21/h3-8,11,13-14,31H,2,9-10,12H2,1H3,(H,25,28)(H,27,32). The van der Waals surface area contributed by atoms with Gasteiger partial charge in [-0.3, -0.25) is 14.2 Å². The lowest BCUT2D eigenvalue weighted by Gasteiger charge is -2.21. The van der Waals surface area contributed by atoms with Gasteiger partial charge in [-0.15, -0.1) is 0 Å². The number of hydrogen-bond acceptors (Lipinski definition) is 7. The molecule has 4 aromatic rings. The summed E-state index contributed by atoms with van der Waals surface area (Å²) in [6.07, 6.45) is 8.85. The van der Waals surface area contributed by atoms with Crippen molar-refractivity contribution in [3.8, 4) is 11.3 Å². The summed E-state index contributed by atoms with van der Waals surface area (Å²) in [6, 6.07) is 7.73. The number of likely N-dealkylation sites (N-methyl/N-ethyl adjacent to an activating group) is 1. The third-order valence-corrected chi connectivity index (χ3v) is 5.69. The van der Waals surface area contributed by atoms with E-state index in [4.69, 9.17) is 0 Å². The van der Waals surface area contributed by atoms with Crippen LogP contribution in [-0.2, 0) is 6.54 Å². The van der Waals surface area contributed by atoms with Crippen LogP contribution in [0.4, 0.5) is 17.2 Å². The fourth-order valence-electron chi connectivity index (χ4n) is 4.11. The molecule has 32 heavy (non-hydrogen) atoms. The number of benzene rings is 1. The molecule has 5 rings (SSSR count). The number of nitrogens with one attached hydrogen (secondary N) is 2. The number of carbonyl (C=O) groups excluding carboxylic acids is 1. The highest BCUT2D eigenvalue weighted by atomic mass is 16.3. The minimum Gasteiger partial charge on any atom is -0.395 e. The van der Waals surface area contributed by atoms with Gasteiger partial charge in [-0.2, -0.15) is 0 Å². The summed E-state index contributed by atoms with van der Waals surface area (Å²) in [5, 5.41) is 15.4. The van der Waals surface area contributed by atoms with E-state index in [0.717, 1.165) is 34.7 Å². The maximum Gasteiger partial charge on any atom is 0.254 e. The molecule has 1 amide bonds. The second kappa shape index (κ2) is 8.27. The van der Waals surface area contributed by atoms with Crippen molar-refractivity contribution in [3.05, 3.63) is 66.4 Å². The van der Waals surface area contributed by atoms with Crippen LogP contribution in [-0.4, -0.2) is 50.1 Å². The normalized spacial score (nSPS) is 12.6. The Labute approximate surface area is 184 Å². The molecule has 0 saturated heterocycles. The van der Waals surface area contributed by atoms with Crippen LogP contribution in [0.15, 0.2) is 55.2 Å². The van der Waals surface area contributed by atoms with E-state index in [-0.39, 0.29) is 12.5 Å². The number of pyridine rings is 1. The number of imidazole rings is 1. The first-order valence-corrected chi connectivity index (χ1v) is 10.5. The number of carbonyl (C=O) groups is 1. The van der Waals surface area contributed by atoms with Gasteiger partial charge in [-0.25, -0.2) is 9.97 Å². The molecule has 1 aliphatic rings. The monoisotopic (exact) mass is 429 g/mol. The zero-order valence-electron chi connectivity index (χ0n) is 17.6. The molecule has 0 unspecified atom stereocenters. The van der Waals surface area contributed by atoms with Gasteiger partial charge in [0.1, 0.15) is 5.82 Å². The summed E-state index contributed by atoms with van der Waals surface area (Å²) < 4.78 is 1.96. The molecule has 0 aliphatic carbocycles. The van der Waals surface area contributed by atoms with Crippen LogP contribution in [0.5, 0.6) is 0 Å². The Hall–Kier alpha value is -3.98. The number of rotatable bonds is 7. The van der Waals surface area contributed by atoms with E-state index in [0.29, 0.717) is 30.2 Å². The Bertz CT molecular complexity index is 1280. The third-order valence-electron chi connectivity index (χ3n) is 5.69. The number of aromatic nitrogens is 4. The Morgan fingerprint density at radius 1 is 1.19 bits per heavy atom. The number of anilines is 3. The largest absolute Gasteiger partial charge is 0.395 e. The maximum absolute atomic E-state index is 12.7. The number of hydrogen-bond donors (Lipinski definition) is 3. The molecule has 3 aromatic heterocycles. The topological polar surface area (TPSA) is 108 Å². The number of aliphatic hydroxyl groups excluding tert-OH is 1.